The fraction of sp³-hybridized carbons (Fsp3) is 0.830. The lowest BCUT2D eigenvalue weighted by Gasteiger charge is -2.36. The molecule has 0 aliphatic carbocycles. The summed E-state index contributed by atoms with van der Waals surface area (Å²) in [5.74, 6) is -1.37. The van der Waals surface area contributed by atoms with Gasteiger partial charge in [-0.25, -0.2) is 19.3 Å². The molecule has 0 bridgehead atoms. The monoisotopic (exact) mass is 1220 g/mol. The van der Waals surface area contributed by atoms with Gasteiger partial charge < -0.3 is 93.8 Å². The number of phosphoric ester groups is 3. The maximum Gasteiger partial charge on any atom is 0.274 e. The predicted octanol–water partition coefficient (Wildman–Crippen LogP) is 1.00. The molecular weight excluding hydrogens is 1140 g/mol. The second-order valence-corrected chi connectivity index (χ2v) is 25.8. The number of fused-ring (bicyclic) bond motifs is 1. The first-order chi connectivity index (χ1) is 37.7. The average Bonchev–Trinajstić information content (AvgIpc) is 3.94. The van der Waals surface area contributed by atoms with Crippen molar-refractivity contribution in [3.63, 3.8) is 0 Å². The number of nitrogens with two attached hydrogens (primary N) is 1. The van der Waals surface area contributed by atoms with E-state index in [1.54, 1.807) is 6.92 Å². The fourth-order valence-electron chi connectivity index (χ4n) is 8.70. The quantitative estimate of drug-likeness (QED) is 0.0341. The van der Waals surface area contributed by atoms with Crippen LogP contribution in [0.15, 0.2) is 12.7 Å². The molecule has 4 rings (SSSR count). The molecule has 4 heterocycles. The maximum absolute atomic E-state index is 12.7. The maximum atomic E-state index is 12.7. The minimum atomic E-state index is -5.94. The molecule has 33 heteroatoms. The summed E-state index contributed by atoms with van der Waals surface area (Å²) in [4.78, 5) is 97.3. The van der Waals surface area contributed by atoms with Crippen molar-refractivity contribution in [2.75, 3.05) is 44.4 Å². The van der Waals surface area contributed by atoms with Crippen LogP contribution in [0.25, 0.3) is 11.2 Å². The number of hydrogen-bond acceptors (Lipinski definition) is 27. The number of thioether (sulfide) groups is 1. The van der Waals surface area contributed by atoms with E-state index in [0.717, 1.165) is 73.9 Å². The van der Waals surface area contributed by atoms with Crippen LogP contribution in [0.4, 0.5) is 5.82 Å². The topological polar surface area (TPSA) is 454 Å². The highest BCUT2D eigenvalue weighted by molar-refractivity contribution is 8.13. The number of hydrogen-bond donors (Lipinski definition) is 8. The Bertz CT molecular complexity index is 2360. The molecule has 2 fully saturated rings. The zero-order chi connectivity index (χ0) is 59.1. The van der Waals surface area contributed by atoms with E-state index in [1.165, 1.54) is 65.2 Å². The molecule has 2 aliphatic rings. The molecule has 2 amide bonds. The Morgan fingerprint density at radius 3 is 2.06 bits per heavy atom. The SMILES string of the molecule is C[C@@H]1O[C@@H](OCCCCCCCCCCCCCCCCC[C@@H](O)CC(=O)SCCNC(=O)CCNC(=O)[C@H](O)C(C)(C)COP(=O)([O-])OP(=O)([O-])OC[C@H]2O[C@@H](n3cnc4c(N)ncnc43)[C@H](O)[C@@H]2OP(=O)([O-])[O-])[C@H](O)C[C@H]1O. The molecule has 2 aliphatic heterocycles. The molecule has 80 heavy (non-hydrogen) atoms. The lowest BCUT2D eigenvalue weighted by Crippen LogP contribution is -2.47. The van der Waals surface area contributed by atoms with Gasteiger partial charge >= 0.3 is 0 Å². The largest absolute Gasteiger partial charge is 0.790 e. The fourth-order valence-corrected chi connectivity index (χ4v) is 12.2. The lowest BCUT2D eigenvalue weighted by atomic mass is 9.87. The van der Waals surface area contributed by atoms with Crippen LogP contribution in [-0.4, -0.2) is 156 Å². The number of anilines is 1. The highest BCUT2D eigenvalue weighted by Gasteiger charge is 2.47. The number of aliphatic hydroxyl groups excluding tert-OH is 5. The molecule has 0 spiro atoms. The summed E-state index contributed by atoms with van der Waals surface area (Å²) in [6.45, 7) is 2.27. The smallest absolute Gasteiger partial charge is 0.274 e. The Balaban J connectivity index is 0.977. The molecule has 2 saturated heterocycles. The van der Waals surface area contributed by atoms with Crippen molar-refractivity contribution in [2.24, 2.45) is 5.41 Å². The van der Waals surface area contributed by atoms with Crippen molar-refractivity contribution in [3.8, 4) is 0 Å². The zero-order valence-corrected chi connectivity index (χ0v) is 48.9. The summed E-state index contributed by atoms with van der Waals surface area (Å²) in [7, 11) is -17.7. The van der Waals surface area contributed by atoms with Crippen LogP contribution in [0.1, 0.15) is 149 Å². The Morgan fingerprint density at radius 1 is 0.838 bits per heavy atom. The van der Waals surface area contributed by atoms with Gasteiger partial charge in [0, 0.05) is 50.1 Å². The number of nitrogen functional groups attached to an aromatic ring is 1. The predicted molar refractivity (Wildman–Crippen MR) is 280 cm³/mol. The van der Waals surface area contributed by atoms with Gasteiger partial charge in [-0.2, -0.15) is 0 Å². The van der Waals surface area contributed by atoms with E-state index < -0.39 is 109 Å². The van der Waals surface area contributed by atoms with Gasteiger partial charge in [-0.3, -0.25) is 28.1 Å². The van der Waals surface area contributed by atoms with Crippen molar-refractivity contribution in [3.05, 3.63) is 12.7 Å². The molecule has 2 unspecified atom stereocenters. The van der Waals surface area contributed by atoms with E-state index in [4.69, 9.17) is 19.9 Å². The molecule has 12 atom stereocenters. The van der Waals surface area contributed by atoms with E-state index in [9.17, 15) is 73.2 Å². The van der Waals surface area contributed by atoms with E-state index in [2.05, 4.69) is 43.5 Å². The third kappa shape index (κ3) is 25.3. The van der Waals surface area contributed by atoms with Crippen LogP contribution in [0.2, 0.25) is 0 Å². The summed E-state index contributed by atoms with van der Waals surface area (Å²) in [6, 6.07) is 0. The standard InChI is InChI=1S/C47H84N7O22P3S/c1-31-33(56)26-34(57)46(73-31)70-23-18-16-14-12-10-8-6-4-5-7-9-11-13-15-17-19-32(55)25-37(59)80-24-22-49-36(58)20-21-50-44(62)41(61)47(2,3)28-72-79(68,69)76-78(66,67)71-27-35-40(75-77(63,64)65)39(60)45(74-35)54-30-53-38-42(48)51-29-52-43(38)54/h29-35,39-41,45-46,55-57,60-61H,4-28H2,1-3H3,(H,49,58)(H,50,62)(H,66,67)(H,68,69)(H2,48,51,52)(H2,63,64,65)/p-4/t31-,32+,33+,34+,35+,39+,40+,41-,45+,46+/m0/s1. The molecule has 29 nitrogen and oxygen atoms in total. The van der Waals surface area contributed by atoms with Crippen molar-refractivity contribution in [1.82, 2.24) is 30.2 Å². The number of nitrogens with zero attached hydrogens (tertiary/aromatic N) is 4. The first-order valence-electron chi connectivity index (χ1n) is 27.0. The normalized spacial score (nSPS) is 24.1. The van der Waals surface area contributed by atoms with Crippen LogP contribution in [0.5, 0.6) is 0 Å². The molecule has 9 N–H and O–H groups in total. The van der Waals surface area contributed by atoms with E-state index in [0.29, 0.717) is 13.0 Å². The van der Waals surface area contributed by atoms with Crippen molar-refractivity contribution < 1.29 is 105 Å². The summed E-state index contributed by atoms with van der Waals surface area (Å²) in [5, 5.41) is 56.3. The van der Waals surface area contributed by atoms with Crippen molar-refractivity contribution in [1.29, 1.82) is 0 Å². The molecular formula is C47H80N7O22P3S-4. The summed E-state index contributed by atoms with van der Waals surface area (Å²) >= 11 is 0.977. The highest BCUT2D eigenvalue weighted by atomic mass is 32.2. The third-order valence-corrected chi connectivity index (χ3v) is 17.2. The van der Waals surface area contributed by atoms with Gasteiger partial charge in [-0.05, 0) is 19.8 Å². The minimum Gasteiger partial charge on any atom is -0.790 e. The van der Waals surface area contributed by atoms with Gasteiger partial charge in [0.25, 0.3) is 15.6 Å². The first kappa shape index (κ1) is 69.9. The highest BCUT2D eigenvalue weighted by Crippen LogP contribution is 2.56. The Hall–Kier alpha value is -2.64. The van der Waals surface area contributed by atoms with Crippen LogP contribution in [0.3, 0.4) is 0 Å². The van der Waals surface area contributed by atoms with Gasteiger partial charge in [-0.1, -0.05) is 116 Å². The number of amides is 2. The number of nitrogens with one attached hydrogen (secondary N) is 2. The number of carbonyl (C=O) groups is 3. The van der Waals surface area contributed by atoms with Crippen LogP contribution in [0, 0.1) is 5.41 Å². The van der Waals surface area contributed by atoms with Crippen molar-refractivity contribution in [2.45, 2.75) is 204 Å². The first-order valence-corrected chi connectivity index (χ1v) is 32.3. The second-order valence-electron chi connectivity index (χ2n) is 20.6. The average molecular weight is 1220 g/mol. The second kappa shape index (κ2) is 34.3. The number of aliphatic hydroxyl groups is 5. The summed E-state index contributed by atoms with van der Waals surface area (Å²) in [6.07, 6.45) is 6.87. The number of unbranched alkanes of at least 4 members (excludes halogenated alkanes) is 14. The van der Waals surface area contributed by atoms with Gasteiger partial charge in [0.05, 0.1) is 45.7 Å². The Morgan fingerprint density at radius 2 is 1.44 bits per heavy atom. The van der Waals surface area contributed by atoms with E-state index in [1.807, 2.05) is 0 Å². The number of phosphoric acid groups is 3. The Labute approximate surface area is 469 Å². The molecule has 0 radical (unpaired) electrons. The van der Waals surface area contributed by atoms with E-state index >= 15 is 0 Å². The summed E-state index contributed by atoms with van der Waals surface area (Å²) < 4.78 is 72.1. The number of carbonyl (C=O) groups excluding carboxylic acids is 3. The molecule has 460 valence electrons. The van der Waals surface area contributed by atoms with Gasteiger partial charge in [0.1, 0.15) is 42.4 Å². The molecule has 2 aromatic heterocycles. The lowest BCUT2D eigenvalue weighted by molar-refractivity contribution is -0.347. The van der Waals surface area contributed by atoms with Crippen LogP contribution >= 0.6 is 35.2 Å². The molecule has 2 aromatic rings. The van der Waals surface area contributed by atoms with Crippen LogP contribution in [-0.2, 0) is 60.2 Å². The summed E-state index contributed by atoms with van der Waals surface area (Å²) in [5.41, 5.74) is 4.05. The van der Waals surface area contributed by atoms with Crippen LogP contribution < -0.4 is 35.9 Å². The van der Waals surface area contributed by atoms with Gasteiger partial charge in [-0.15, -0.1) is 0 Å². The van der Waals surface area contributed by atoms with Crippen molar-refractivity contribution >= 4 is 69.1 Å². The zero-order valence-electron chi connectivity index (χ0n) is 45.4. The minimum absolute atomic E-state index is 0.00554. The number of aromatic nitrogens is 4. The van der Waals surface area contributed by atoms with Gasteiger partial charge in [0.2, 0.25) is 11.8 Å². The van der Waals surface area contributed by atoms with Gasteiger partial charge in [0.15, 0.2) is 29.1 Å². The van der Waals surface area contributed by atoms with E-state index in [-0.39, 0.29) is 66.3 Å². The molecule has 0 aromatic carbocycles. The molecule has 0 saturated carbocycles. The Kier molecular flexibility index (Phi) is 30.0. The third-order valence-electron chi connectivity index (χ3n) is 13.3. The number of imidazole rings is 1. The number of ether oxygens (including phenoxy) is 3. The number of rotatable bonds is 40.